The van der Waals surface area contributed by atoms with Gasteiger partial charge in [-0.2, -0.15) is 0 Å². The fourth-order valence-corrected chi connectivity index (χ4v) is 8.22. The van der Waals surface area contributed by atoms with Gasteiger partial charge in [-0.1, -0.05) is 26.5 Å². The van der Waals surface area contributed by atoms with Crippen LogP contribution in [0, 0.1) is 105 Å². The van der Waals surface area contributed by atoms with Crippen molar-refractivity contribution in [2.75, 3.05) is 13.2 Å². The van der Waals surface area contributed by atoms with Crippen molar-refractivity contribution in [3.05, 3.63) is 48.0 Å². The van der Waals surface area contributed by atoms with E-state index in [2.05, 4.69) is 11.9 Å². The number of rotatable bonds is 8. The van der Waals surface area contributed by atoms with Crippen LogP contribution in [0.3, 0.4) is 0 Å². The van der Waals surface area contributed by atoms with Gasteiger partial charge in [0.15, 0.2) is 11.9 Å². The summed E-state index contributed by atoms with van der Waals surface area (Å²) in [4.78, 5) is 53.0. The van der Waals surface area contributed by atoms with Crippen molar-refractivity contribution >= 4 is 23.8 Å². The topological polar surface area (TPSA) is 232 Å². The van der Waals surface area contributed by atoms with Gasteiger partial charge < -0.3 is 54.2 Å². The first-order chi connectivity index (χ1) is 22.4. The van der Waals surface area contributed by atoms with Crippen LogP contribution in [0.5, 0.6) is 0 Å². The third-order valence-corrected chi connectivity index (χ3v) is 10.9. The summed E-state index contributed by atoms with van der Waals surface area (Å²) in [5, 5.41) is 61.4. The summed E-state index contributed by atoms with van der Waals surface area (Å²) < 4.78 is 27.3. The van der Waals surface area contributed by atoms with Crippen LogP contribution in [0.15, 0.2) is 46.6 Å². The van der Waals surface area contributed by atoms with Crippen LogP contribution in [0.2, 0.25) is 0 Å². The SMILES string of the molecule is C=CCOC(=O)N[C@@H](c1ccco1)[C@@H](O)C(=O)O[C@H]1C[C@@]2(O)[C@@H](OC(C)=O)[C@@H]3[C@]4(O)CO[C@@H]4C[C@H](O)[C@@]3(C)C(=O)[C@H](O)C(=C1C)C2(C)C.[Ac].[Ac]. The Kier molecular flexibility index (Phi) is 13.9. The van der Waals surface area contributed by atoms with Crippen molar-refractivity contribution in [2.45, 2.75) is 101 Å². The number of ketones is 1. The number of nitrogens with one attached hydrogen (secondary N) is 1. The van der Waals surface area contributed by atoms with E-state index in [4.69, 9.17) is 23.4 Å². The van der Waals surface area contributed by atoms with E-state index < -0.39 is 101 Å². The van der Waals surface area contributed by atoms with Crippen molar-refractivity contribution in [3.63, 3.8) is 0 Å². The molecule has 50 heavy (non-hydrogen) atoms. The molecule has 1 saturated heterocycles. The Bertz CT molecular complexity index is 1520. The van der Waals surface area contributed by atoms with E-state index in [9.17, 15) is 44.7 Å². The molecular formula is C33H43Ac2NO14. The molecule has 2 heterocycles. The molecule has 15 nitrogen and oxygen atoms in total. The Morgan fingerprint density at radius 2 is 1.82 bits per heavy atom. The fraction of sp³-hybridized carbons (Fsp3) is 0.636. The minimum Gasteiger partial charge on any atom is -0.467 e. The van der Waals surface area contributed by atoms with E-state index in [1.165, 1.54) is 52.2 Å². The summed E-state index contributed by atoms with van der Waals surface area (Å²) in [6.07, 6.45) is -8.66. The fourth-order valence-electron chi connectivity index (χ4n) is 8.22. The van der Waals surface area contributed by atoms with Gasteiger partial charge in [0.2, 0.25) is 0 Å². The molecule has 2 saturated carbocycles. The van der Waals surface area contributed by atoms with Gasteiger partial charge in [0, 0.05) is 119 Å². The molecule has 3 fully saturated rings. The molecule has 4 aliphatic rings. The molecule has 2 bridgehead atoms. The zero-order valence-electron chi connectivity index (χ0n) is 28.5. The molecule has 3 aliphatic carbocycles. The monoisotopic (exact) mass is 1130 g/mol. The number of aliphatic hydroxyl groups is 5. The van der Waals surface area contributed by atoms with Crippen LogP contribution >= 0.6 is 0 Å². The van der Waals surface area contributed by atoms with Gasteiger partial charge in [-0.15, -0.1) is 0 Å². The first-order valence-electron chi connectivity index (χ1n) is 15.7. The van der Waals surface area contributed by atoms with E-state index >= 15 is 0 Å². The summed E-state index contributed by atoms with van der Waals surface area (Å²) in [6, 6.07) is 1.38. The maximum atomic E-state index is 14.4. The molecule has 5 rings (SSSR count). The first kappa shape index (κ1) is 43.7. The number of aliphatic hydroxyl groups excluding tert-OH is 3. The zero-order chi connectivity index (χ0) is 35.6. The largest absolute Gasteiger partial charge is 0.467 e. The van der Waals surface area contributed by atoms with Crippen molar-refractivity contribution in [1.29, 1.82) is 0 Å². The van der Waals surface area contributed by atoms with Crippen LogP contribution in [-0.4, -0.2) is 110 Å². The average molecular weight is 1130 g/mol. The van der Waals surface area contributed by atoms with E-state index in [-0.39, 0.29) is 125 Å². The number of fused-ring (bicyclic) bond motifs is 5. The maximum Gasteiger partial charge on any atom is 0.408 e. The summed E-state index contributed by atoms with van der Waals surface area (Å²) in [5.74, 6) is -4.54. The molecule has 2 radical (unpaired) electrons. The van der Waals surface area contributed by atoms with Gasteiger partial charge in [-0.05, 0) is 37.1 Å². The third-order valence-electron chi connectivity index (χ3n) is 10.9. The standard InChI is InChI=1S/C33H43NO14.2Ac/c1-7-10-45-29(41)34-22(17-9-8-11-44-17)24(38)28(40)48-18-13-33(43)27(47-16(3)35)25-31(6,19(36)12-20-32(25,42)14-46-20)26(39)23(37)21(15(18)2)30(33,4)5;;/h7-9,11,18-20,22-25,27,36-38,42-43H,1,10,12-14H2,2-6H3,(H,34,41);;/t18-,19-,20+,22-,23+,24+,25-,27-,31+,32-,33+;;/m0../s1. The molecule has 1 aromatic rings. The second-order valence-electron chi connectivity index (χ2n) is 13.8. The number of carbonyl (C=O) groups excluding carboxylic acids is 4. The van der Waals surface area contributed by atoms with Crippen molar-refractivity contribution in [2.24, 2.45) is 16.7 Å². The van der Waals surface area contributed by atoms with Gasteiger partial charge in [-0.3, -0.25) is 9.59 Å². The van der Waals surface area contributed by atoms with Crippen LogP contribution in [0.1, 0.15) is 59.3 Å². The Morgan fingerprint density at radius 1 is 1.16 bits per heavy atom. The molecule has 0 spiro atoms. The molecular weight excluding hydrogens is 1090 g/mol. The number of alkyl carbamates (subject to hydrolysis) is 1. The predicted octanol–water partition coefficient (Wildman–Crippen LogP) is 0.375. The van der Waals surface area contributed by atoms with Crippen LogP contribution < -0.4 is 5.32 Å². The molecule has 6 N–H and O–H groups in total. The molecule has 11 atom stereocenters. The van der Waals surface area contributed by atoms with Crippen molar-refractivity contribution in [1.82, 2.24) is 5.32 Å². The smallest absolute Gasteiger partial charge is 0.408 e. The van der Waals surface area contributed by atoms with Crippen LogP contribution in [0.4, 0.5) is 4.79 Å². The van der Waals surface area contributed by atoms with Crippen LogP contribution in [-0.2, 0) is 33.3 Å². The van der Waals surface area contributed by atoms with E-state index in [0.29, 0.717) is 0 Å². The normalized spacial score (nSPS) is 36.6. The number of hydrogen-bond donors (Lipinski definition) is 6. The Morgan fingerprint density at radius 3 is 2.36 bits per heavy atom. The Labute approximate surface area is 360 Å². The Hall–Kier alpha value is -0.717. The molecule has 270 valence electrons. The van der Waals surface area contributed by atoms with Gasteiger partial charge >= 0.3 is 18.0 Å². The summed E-state index contributed by atoms with van der Waals surface area (Å²) >= 11 is 0. The van der Waals surface area contributed by atoms with E-state index in [1.807, 2.05) is 0 Å². The number of esters is 2. The number of amides is 1. The van der Waals surface area contributed by atoms with Gasteiger partial charge in [0.1, 0.15) is 47.9 Å². The second-order valence-corrected chi connectivity index (χ2v) is 13.8. The van der Waals surface area contributed by atoms with E-state index in [0.717, 1.165) is 6.92 Å². The number of furan rings is 1. The quantitative estimate of drug-likeness (QED) is 0.118. The second kappa shape index (κ2) is 15.9. The average Bonchev–Trinajstić information content (AvgIpc) is 3.55. The zero-order valence-corrected chi connectivity index (χ0v) is 38.0. The van der Waals surface area contributed by atoms with Crippen molar-refractivity contribution < 1.29 is 156 Å². The molecule has 0 unspecified atom stereocenters. The summed E-state index contributed by atoms with van der Waals surface area (Å²) in [7, 11) is 0. The molecule has 17 heteroatoms. The minimum absolute atomic E-state index is 0. The third kappa shape index (κ3) is 7.00. The minimum atomic E-state index is -2.25. The van der Waals surface area contributed by atoms with Crippen molar-refractivity contribution in [3.8, 4) is 0 Å². The van der Waals surface area contributed by atoms with Gasteiger partial charge in [0.05, 0.1) is 30.5 Å². The molecule has 1 amide bonds. The van der Waals surface area contributed by atoms with Crippen LogP contribution in [0.25, 0.3) is 0 Å². The number of Topliss-reactive ketones (excluding diaryl/α,β-unsaturated/α-hetero) is 1. The molecule has 1 aromatic heterocycles. The van der Waals surface area contributed by atoms with E-state index in [1.54, 1.807) is 0 Å². The maximum absolute atomic E-state index is 14.4. The Balaban J connectivity index is 0.00000338. The van der Waals surface area contributed by atoms with Gasteiger partial charge in [-0.25, -0.2) is 9.59 Å². The predicted molar refractivity (Wildman–Crippen MR) is 162 cm³/mol. The number of carbonyl (C=O) groups is 4. The summed E-state index contributed by atoms with van der Waals surface area (Å²) in [5.41, 5.74) is -7.47. The van der Waals surface area contributed by atoms with Gasteiger partial charge in [0.25, 0.3) is 0 Å². The number of ether oxygens (including phenoxy) is 4. The molecule has 1 aliphatic heterocycles. The first-order valence-corrected chi connectivity index (χ1v) is 15.7. The number of hydrogen-bond acceptors (Lipinski definition) is 14. The summed E-state index contributed by atoms with van der Waals surface area (Å²) in [6.45, 7) is 9.97. The molecule has 0 aromatic carbocycles.